The van der Waals surface area contributed by atoms with Crippen molar-refractivity contribution in [2.24, 2.45) is 0 Å². The molecular weight excluding hydrogens is 350 g/mol. The van der Waals surface area contributed by atoms with Crippen LogP contribution in [-0.4, -0.2) is 35.0 Å². The predicted octanol–water partition coefficient (Wildman–Crippen LogP) is 3.97. The second-order valence-electron chi connectivity index (χ2n) is 5.98. The van der Waals surface area contributed by atoms with Crippen LogP contribution in [0.4, 0.5) is 5.69 Å². The number of nitrogens with zero attached hydrogens (tertiary/aromatic N) is 3. The van der Waals surface area contributed by atoms with Gasteiger partial charge in [-0.1, -0.05) is 11.3 Å². The SMILES string of the molecule is C[C@@H]1CN(c2ccc(-c3nnc(Br)s3)cc2)CC(C)(C)O1. The minimum atomic E-state index is -0.111. The highest BCUT2D eigenvalue weighted by Gasteiger charge is 2.31. The first-order chi connectivity index (χ1) is 9.93. The van der Waals surface area contributed by atoms with Crippen molar-refractivity contribution in [2.45, 2.75) is 32.5 Å². The van der Waals surface area contributed by atoms with E-state index in [0.29, 0.717) is 0 Å². The molecule has 1 saturated heterocycles. The Kier molecular flexibility index (Phi) is 4.03. The molecule has 0 spiro atoms. The van der Waals surface area contributed by atoms with Crippen LogP contribution in [0.2, 0.25) is 0 Å². The zero-order valence-electron chi connectivity index (χ0n) is 12.3. The van der Waals surface area contributed by atoms with Crippen LogP contribution in [0.1, 0.15) is 20.8 Å². The quantitative estimate of drug-likeness (QED) is 0.804. The van der Waals surface area contributed by atoms with E-state index in [1.54, 1.807) is 11.3 Å². The van der Waals surface area contributed by atoms with Crippen LogP contribution in [0, 0.1) is 0 Å². The molecule has 0 bridgehead atoms. The molecule has 2 aromatic rings. The van der Waals surface area contributed by atoms with Crippen LogP contribution in [0.3, 0.4) is 0 Å². The second kappa shape index (κ2) is 5.66. The van der Waals surface area contributed by atoms with Gasteiger partial charge in [0.05, 0.1) is 11.7 Å². The lowest BCUT2D eigenvalue weighted by Gasteiger charge is -2.43. The molecule has 21 heavy (non-hydrogen) atoms. The molecule has 1 aromatic carbocycles. The van der Waals surface area contributed by atoms with Gasteiger partial charge in [0, 0.05) is 24.3 Å². The van der Waals surface area contributed by atoms with Crippen molar-refractivity contribution in [1.29, 1.82) is 0 Å². The Morgan fingerprint density at radius 1 is 1.29 bits per heavy atom. The molecule has 6 heteroatoms. The van der Waals surface area contributed by atoms with Gasteiger partial charge in [0.15, 0.2) is 3.92 Å². The van der Waals surface area contributed by atoms with Crippen LogP contribution >= 0.6 is 27.3 Å². The van der Waals surface area contributed by atoms with Crippen molar-refractivity contribution in [3.63, 3.8) is 0 Å². The molecule has 4 nitrogen and oxygen atoms in total. The van der Waals surface area contributed by atoms with Gasteiger partial charge in [-0.3, -0.25) is 0 Å². The molecule has 0 aliphatic carbocycles. The summed E-state index contributed by atoms with van der Waals surface area (Å²) in [4.78, 5) is 2.38. The van der Waals surface area contributed by atoms with Crippen molar-refractivity contribution < 1.29 is 4.74 Å². The molecule has 0 N–H and O–H groups in total. The first-order valence-corrected chi connectivity index (χ1v) is 8.56. The molecule has 3 rings (SSSR count). The van der Waals surface area contributed by atoms with Gasteiger partial charge in [-0.25, -0.2) is 0 Å². The van der Waals surface area contributed by atoms with Gasteiger partial charge in [-0.15, -0.1) is 10.2 Å². The minimum absolute atomic E-state index is 0.111. The third-order valence-corrected chi connectivity index (χ3v) is 4.85. The van der Waals surface area contributed by atoms with E-state index in [1.165, 1.54) is 5.69 Å². The van der Waals surface area contributed by atoms with Gasteiger partial charge in [0.2, 0.25) is 0 Å². The first-order valence-electron chi connectivity index (χ1n) is 6.95. The summed E-state index contributed by atoms with van der Waals surface area (Å²) in [6.45, 7) is 8.24. The van der Waals surface area contributed by atoms with E-state index in [0.717, 1.165) is 27.6 Å². The molecule has 112 valence electrons. The number of hydrogen-bond acceptors (Lipinski definition) is 5. The Bertz CT molecular complexity index is 626. The Hall–Kier alpha value is -0.980. The second-order valence-corrected chi connectivity index (χ2v) is 8.23. The number of halogens is 1. The average Bonchev–Trinajstić information content (AvgIpc) is 2.83. The fraction of sp³-hybridized carbons (Fsp3) is 0.467. The molecule has 1 aromatic heterocycles. The zero-order valence-corrected chi connectivity index (χ0v) is 14.7. The van der Waals surface area contributed by atoms with E-state index in [4.69, 9.17) is 4.74 Å². The number of anilines is 1. The van der Waals surface area contributed by atoms with Crippen molar-refractivity contribution in [2.75, 3.05) is 18.0 Å². The summed E-state index contributed by atoms with van der Waals surface area (Å²) in [5, 5.41) is 9.08. The number of morpholine rings is 1. The molecule has 0 saturated carbocycles. The predicted molar refractivity (Wildman–Crippen MR) is 89.9 cm³/mol. The third kappa shape index (κ3) is 3.44. The van der Waals surface area contributed by atoms with E-state index in [1.807, 2.05) is 0 Å². The summed E-state index contributed by atoms with van der Waals surface area (Å²) in [5.41, 5.74) is 2.22. The molecular formula is C15H18BrN3OS. The summed E-state index contributed by atoms with van der Waals surface area (Å²) in [6.07, 6.45) is 0.243. The smallest absolute Gasteiger partial charge is 0.183 e. The topological polar surface area (TPSA) is 38.2 Å². The van der Waals surface area contributed by atoms with Crippen molar-refractivity contribution in [1.82, 2.24) is 10.2 Å². The molecule has 1 aliphatic heterocycles. The van der Waals surface area contributed by atoms with Gasteiger partial charge in [-0.05, 0) is 61.0 Å². The Morgan fingerprint density at radius 2 is 2.00 bits per heavy atom. The lowest BCUT2D eigenvalue weighted by atomic mass is 10.0. The highest BCUT2D eigenvalue weighted by molar-refractivity contribution is 9.11. The summed E-state index contributed by atoms with van der Waals surface area (Å²) in [5.74, 6) is 0. The van der Waals surface area contributed by atoms with Crippen molar-refractivity contribution in [3.8, 4) is 10.6 Å². The van der Waals surface area contributed by atoms with Gasteiger partial charge >= 0.3 is 0 Å². The van der Waals surface area contributed by atoms with Gasteiger partial charge in [-0.2, -0.15) is 0 Å². The molecule has 1 atom stereocenters. The van der Waals surface area contributed by atoms with Crippen LogP contribution in [-0.2, 0) is 4.74 Å². The monoisotopic (exact) mass is 367 g/mol. The van der Waals surface area contributed by atoms with Gasteiger partial charge in [0.25, 0.3) is 0 Å². The maximum atomic E-state index is 5.96. The van der Waals surface area contributed by atoms with Gasteiger partial charge in [0.1, 0.15) is 5.01 Å². The summed E-state index contributed by atoms with van der Waals surface area (Å²) in [7, 11) is 0. The molecule has 0 amide bonds. The van der Waals surface area contributed by atoms with E-state index >= 15 is 0 Å². The lowest BCUT2D eigenvalue weighted by Crippen LogP contribution is -2.52. The average molecular weight is 368 g/mol. The molecule has 1 fully saturated rings. The largest absolute Gasteiger partial charge is 0.369 e. The number of rotatable bonds is 2. The lowest BCUT2D eigenvalue weighted by molar-refractivity contribution is -0.0749. The maximum Gasteiger partial charge on any atom is 0.183 e. The highest BCUT2D eigenvalue weighted by Crippen LogP contribution is 2.30. The molecule has 1 aliphatic rings. The summed E-state index contributed by atoms with van der Waals surface area (Å²) in [6, 6.07) is 8.52. The first kappa shape index (κ1) is 14.9. The molecule has 0 unspecified atom stereocenters. The van der Waals surface area contributed by atoms with Crippen LogP contribution < -0.4 is 4.90 Å². The Balaban J connectivity index is 1.81. The Morgan fingerprint density at radius 3 is 2.57 bits per heavy atom. The van der Waals surface area contributed by atoms with E-state index in [2.05, 4.69) is 76.1 Å². The van der Waals surface area contributed by atoms with Gasteiger partial charge < -0.3 is 9.64 Å². The number of benzene rings is 1. The van der Waals surface area contributed by atoms with Crippen molar-refractivity contribution >= 4 is 33.0 Å². The standard InChI is InChI=1S/C15H18BrN3OS/c1-10-8-19(9-15(2,3)20-10)12-6-4-11(5-7-12)13-17-18-14(16)21-13/h4-7,10H,8-9H2,1-3H3/t10-/m1/s1. The van der Waals surface area contributed by atoms with Crippen molar-refractivity contribution in [3.05, 3.63) is 28.2 Å². The fourth-order valence-corrected chi connectivity index (χ4v) is 3.90. The number of hydrogen-bond donors (Lipinski definition) is 0. The highest BCUT2D eigenvalue weighted by atomic mass is 79.9. The third-order valence-electron chi connectivity index (χ3n) is 3.45. The van der Waals surface area contributed by atoms with Crippen LogP contribution in [0.5, 0.6) is 0 Å². The van der Waals surface area contributed by atoms with E-state index < -0.39 is 0 Å². The van der Waals surface area contributed by atoms with E-state index in [-0.39, 0.29) is 11.7 Å². The van der Waals surface area contributed by atoms with E-state index in [9.17, 15) is 0 Å². The summed E-state index contributed by atoms with van der Waals surface area (Å²) >= 11 is 4.89. The van der Waals surface area contributed by atoms with Crippen LogP contribution in [0.25, 0.3) is 10.6 Å². The Labute approximate surface area is 137 Å². The zero-order chi connectivity index (χ0) is 15.0. The maximum absolute atomic E-state index is 5.96. The minimum Gasteiger partial charge on any atom is -0.369 e. The molecule has 0 radical (unpaired) electrons. The molecule has 2 heterocycles. The summed E-state index contributed by atoms with van der Waals surface area (Å²) < 4.78 is 6.77. The number of ether oxygens (including phenoxy) is 1. The normalized spacial score (nSPS) is 21.5. The number of aromatic nitrogens is 2. The fourth-order valence-electron chi connectivity index (χ4n) is 2.79. The van der Waals surface area contributed by atoms with Crippen LogP contribution in [0.15, 0.2) is 28.2 Å².